The second-order valence-corrected chi connectivity index (χ2v) is 5.20. The Morgan fingerprint density at radius 2 is 1.50 bits per heavy atom. The van der Waals surface area contributed by atoms with Crippen molar-refractivity contribution in [3.8, 4) is 6.07 Å². The first-order chi connectivity index (χ1) is 11.6. The van der Waals surface area contributed by atoms with Gasteiger partial charge in [-0.1, -0.05) is 0 Å². The van der Waals surface area contributed by atoms with Crippen LogP contribution in [0, 0.1) is 11.3 Å². The van der Waals surface area contributed by atoms with Gasteiger partial charge in [0.15, 0.2) is 0 Å². The first-order valence-electron chi connectivity index (χ1n) is 7.79. The van der Waals surface area contributed by atoms with Gasteiger partial charge in [0, 0.05) is 29.9 Å². The van der Waals surface area contributed by atoms with Gasteiger partial charge in [0.05, 0.1) is 11.6 Å². The minimum absolute atomic E-state index is 0.0232. The monoisotopic (exact) mass is 321 g/mol. The van der Waals surface area contributed by atoms with Crippen LogP contribution in [0.2, 0.25) is 0 Å². The van der Waals surface area contributed by atoms with E-state index in [1.807, 2.05) is 19.9 Å². The number of nitrogens with zero attached hydrogens (tertiary/aromatic N) is 2. The summed E-state index contributed by atoms with van der Waals surface area (Å²) in [5, 5.41) is 11.5. The molecule has 1 N–H and O–H groups in total. The number of carbonyl (C=O) groups excluding carboxylic acids is 2. The molecule has 5 heteroatoms. The summed E-state index contributed by atoms with van der Waals surface area (Å²) in [5.41, 5.74) is 2.18. The molecule has 0 saturated heterocycles. The molecule has 2 aromatic carbocycles. The molecular weight excluding hydrogens is 302 g/mol. The number of amides is 2. The Morgan fingerprint density at radius 3 is 2.00 bits per heavy atom. The Labute approximate surface area is 141 Å². The maximum Gasteiger partial charge on any atom is 0.255 e. The van der Waals surface area contributed by atoms with E-state index in [4.69, 9.17) is 5.26 Å². The molecule has 122 valence electrons. The third kappa shape index (κ3) is 3.99. The topological polar surface area (TPSA) is 73.2 Å². The highest BCUT2D eigenvalue weighted by molar-refractivity contribution is 6.04. The van der Waals surface area contributed by atoms with E-state index in [9.17, 15) is 9.59 Å². The summed E-state index contributed by atoms with van der Waals surface area (Å²) in [7, 11) is 0. The van der Waals surface area contributed by atoms with Crippen molar-refractivity contribution in [2.75, 3.05) is 18.4 Å². The number of hydrogen-bond acceptors (Lipinski definition) is 3. The first kappa shape index (κ1) is 17.2. The number of rotatable bonds is 5. The Hall–Kier alpha value is -3.13. The number of carbonyl (C=O) groups is 2. The molecule has 0 saturated carbocycles. The van der Waals surface area contributed by atoms with Gasteiger partial charge in [-0.25, -0.2) is 0 Å². The standard InChI is InChI=1S/C19H19N3O2/c1-3-22(4-2)19(24)16-9-11-17(12-10-16)21-18(23)15-7-5-14(13-20)6-8-15/h5-12H,3-4H2,1-2H3,(H,21,23). The van der Waals surface area contributed by atoms with E-state index in [-0.39, 0.29) is 11.8 Å². The van der Waals surface area contributed by atoms with E-state index in [0.717, 1.165) is 0 Å². The molecule has 0 aliphatic rings. The first-order valence-corrected chi connectivity index (χ1v) is 7.79. The lowest BCUT2D eigenvalue weighted by atomic mass is 10.1. The second kappa shape index (κ2) is 7.93. The van der Waals surface area contributed by atoms with E-state index >= 15 is 0 Å². The molecule has 2 rings (SSSR count). The summed E-state index contributed by atoms with van der Waals surface area (Å²) in [6.45, 7) is 5.19. The van der Waals surface area contributed by atoms with Crippen LogP contribution in [0.4, 0.5) is 5.69 Å². The molecule has 24 heavy (non-hydrogen) atoms. The Morgan fingerprint density at radius 1 is 0.958 bits per heavy atom. The summed E-state index contributed by atoms with van der Waals surface area (Å²) in [4.78, 5) is 26.1. The van der Waals surface area contributed by atoms with Gasteiger partial charge >= 0.3 is 0 Å². The molecule has 5 nitrogen and oxygen atoms in total. The van der Waals surface area contributed by atoms with Crippen LogP contribution in [0.1, 0.15) is 40.1 Å². The van der Waals surface area contributed by atoms with Crippen LogP contribution in [0.5, 0.6) is 0 Å². The van der Waals surface area contributed by atoms with Crippen LogP contribution in [-0.2, 0) is 0 Å². The van der Waals surface area contributed by atoms with Gasteiger partial charge in [-0.2, -0.15) is 5.26 Å². The number of hydrogen-bond donors (Lipinski definition) is 1. The fourth-order valence-electron chi connectivity index (χ4n) is 2.29. The van der Waals surface area contributed by atoms with Crippen molar-refractivity contribution in [1.82, 2.24) is 4.90 Å². The van der Waals surface area contributed by atoms with Gasteiger partial charge in [0.1, 0.15) is 0 Å². The number of nitrogens with one attached hydrogen (secondary N) is 1. The molecule has 0 aliphatic heterocycles. The normalized spacial score (nSPS) is 9.88. The van der Waals surface area contributed by atoms with Crippen LogP contribution < -0.4 is 5.32 Å². The highest BCUT2D eigenvalue weighted by Gasteiger charge is 2.12. The molecule has 0 aliphatic carbocycles. The summed E-state index contributed by atoms with van der Waals surface area (Å²) < 4.78 is 0. The fourth-order valence-corrected chi connectivity index (χ4v) is 2.29. The van der Waals surface area contributed by atoms with Gasteiger partial charge < -0.3 is 10.2 Å². The van der Waals surface area contributed by atoms with Crippen LogP contribution >= 0.6 is 0 Å². The van der Waals surface area contributed by atoms with E-state index in [1.54, 1.807) is 53.4 Å². The fraction of sp³-hybridized carbons (Fsp3) is 0.211. The zero-order valence-corrected chi connectivity index (χ0v) is 13.7. The van der Waals surface area contributed by atoms with Crippen LogP contribution in [0.25, 0.3) is 0 Å². The average Bonchev–Trinajstić information content (AvgIpc) is 2.63. The van der Waals surface area contributed by atoms with Crippen molar-refractivity contribution < 1.29 is 9.59 Å². The Kier molecular flexibility index (Phi) is 5.69. The predicted molar refractivity (Wildman–Crippen MR) is 92.8 cm³/mol. The van der Waals surface area contributed by atoms with Crippen molar-refractivity contribution in [1.29, 1.82) is 5.26 Å². The summed E-state index contributed by atoms with van der Waals surface area (Å²) in [6, 6.07) is 15.2. The van der Waals surface area contributed by atoms with Crippen LogP contribution in [0.15, 0.2) is 48.5 Å². The summed E-state index contributed by atoms with van der Waals surface area (Å²) in [5.74, 6) is -0.285. The molecule has 0 fully saturated rings. The van der Waals surface area contributed by atoms with E-state index in [2.05, 4.69) is 5.32 Å². The third-order valence-electron chi connectivity index (χ3n) is 3.72. The van der Waals surface area contributed by atoms with Crippen molar-refractivity contribution in [3.63, 3.8) is 0 Å². The summed E-state index contributed by atoms with van der Waals surface area (Å²) >= 11 is 0. The molecule has 0 atom stereocenters. The molecule has 2 amide bonds. The minimum Gasteiger partial charge on any atom is -0.339 e. The minimum atomic E-state index is -0.262. The van der Waals surface area contributed by atoms with Gasteiger partial charge in [-0.05, 0) is 62.4 Å². The number of benzene rings is 2. The van der Waals surface area contributed by atoms with Crippen molar-refractivity contribution >= 4 is 17.5 Å². The second-order valence-electron chi connectivity index (χ2n) is 5.20. The van der Waals surface area contributed by atoms with E-state index in [0.29, 0.717) is 35.5 Å². The smallest absolute Gasteiger partial charge is 0.255 e. The maximum atomic E-state index is 12.2. The molecule has 0 aromatic heterocycles. The van der Waals surface area contributed by atoms with Crippen molar-refractivity contribution in [2.45, 2.75) is 13.8 Å². The van der Waals surface area contributed by atoms with Crippen LogP contribution in [0.3, 0.4) is 0 Å². The zero-order valence-electron chi connectivity index (χ0n) is 13.7. The van der Waals surface area contributed by atoms with Gasteiger partial charge in [0.2, 0.25) is 0 Å². The van der Waals surface area contributed by atoms with Gasteiger partial charge in [0.25, 0.3) is 11.8 Å². The van der Waals surface area contributed by atoms with E-state index in [1.165, 1.54) is 0 Å². The Balaban J connectivity index is 2.06. The highest BCUT2D eigenvalue weighted by atomic mass is 16.2. The lowest BCUT2D eigenvalue weighted by Crippen LogP contribution is -2.30. The quantitative estimate of drug-likeness (QED) is 0.918. The highest BCUT2D eigenvalue weighted by Crippen LogP contribution is 2.13. The molecule has 0 radical (unpaired) electrons. The van der Waals surface area contributed by atoms with Gasteiger partial charge in [-0.3, -0.25) is 9.59 Å². The van der Waals surface area contributed by atoms with E-state index < -0.39 is 0 Å². The Bertz CT molecular complexity index is 755. The third-order valence-corrected chi connectivity index (χ3v) is 3.72. The van der Waals surface area contributed by atoms with Crippen molar-refractivity contribution in [3.05, 3.63) is 65.2 Å². The lowest BCUT2D eigenvalue weighted by molar-refractivity contribution is 0.0773. The molecule has 2 aromatic rings. The van der Waals surface area contributed by atoms with Crippen molar-refractivity contribution in [2.24, 2.45) is 0 Å². The lowest BCUT2D eigenvalue weighted by Gasteiger charge is -2.18. The zero-order chi connectivity index (χ0) is 17.5. The molecule has 0 bridgehead atoms. The predicted octanol–water partition coefficient (Wildman–Crippen LogP) is 3.29. The molecule has 0 unspecified atom stereocenters. The molecule has 0 heterocycles. The average molecular weight is 321 g/mol. The SMILES string of the molecule is CCN(CC)C(=O)c1ccc(NC(=O)c2ccc(C#N)cc2)cc1. The summed E-state index contributed by atoms with van der Waals surface area (Å²) in [6.07, 6.45) is 0. The van der Waals surface area contributed by atoms with Crippen LogP contribution in [-0.4, -0.2) is 29.8 Å². The molecule has 0 spiro atoms. The maximum absolute atomic E-state index is 12.2. The number of anilines is 1. The van der Waals surface area contributed by atoms with Gasteiger partial charge in [-0.15, -0.1) is 0 Å². The molecular formula is C19H19N3O2. The largest absolute Gasteiger partial charge is 0.339 e. The number of nitriles is 1.